The maximum atomic E-state index is 2.54. The lowest BCUT2D eigenvalue weighted by Gasteiger charge is -2.20. The van der Waals surface area contributed by atoms with Gasteiger partial charge in [-0.15, -0.1) is 0 Å². The Hall–Kier alpha value is -0.560. The molecule has 0 aromatic heterocycles. The summed E-state index contributed by atoms with van der Waals surface area (Å²) in [5.41, 5.74) is 3.26. The highest BCUT2D eigenvalue weighted by molar-refractivity contribution is 5.38. The maximum Gasteiger partial charge on any atom is 0.0000683 e. The average Bonchev–Trinajstić information content (AvgIpc) is 2.78. The highest BCUT2D eigenvalue weighted by Gasteiger charge is 2.24. The Kier molecular flexibility index (Phi) is 6.14. The van der Waals surface area contributed by atoms with Crippen molar-refractivity contribution in [2.45, 2.75) is 47.0 Å². The number of hydrogen-bond acceptors (Lipinski definition) is 1. The van der Waals surface area contributed by atoms with Crippen LogP contribution in [-0.4, -0.2) is 25.5 Å². The van der Waals surface area contributed by atoms with Gasteiger partial charge >= 0.3 is 0 Å². The van der Waals surface area contributed by atoms with Gasteiger partial charge in [-0.2, -0.15) is 0 Å². The van der Waals surface area contributed by atoms with E-state index in [1.54, 1.807) is 11.1 Å². The molecular weight excluding hydrogens is 218 g/mol. The van der Waals surface area contributed by atoms with E-state index in [-0.39, 0.29) is 0 Å². The molecule has 18 heavy (non-hydrogen) atoms. The van der Waals surface area contributed by atoms with Crippen molar-refractivity contribution < 1.29 is 0 Å². The molecule has 0 aliphatic heterocycles. The van der Waals surface area contributed by atoms with Gasteiger partial charge in [0.25, 0.3) is 0 Å². The van der Waals surface area contributed by atoms with Gasteiger partial charge in [0.2, 0.25) is 0 Å². The number of hydrogen-bond donors (Lipinski definition) is 0. The molecule has 1 nitrogen and oxygen atoms in total. The van der Waals surface area contributed by atoms with Gasteiger partial charge in [-0.05, 0) is 57.3 Å². The zero-order valence-corrected chi connectivity index (χ0v) is 13.2. The summed E-state index contributed by atoms with van der Waals surface area (Å²) in [5.74, 6) is 2.13. The molecule has 104 valence electrons. The lowest BCUT2D eigenvalue weighted by Crippen LogP contribution is -2.17. The standard InChI is InChI=1S/C17H31N/c1-7-13(3)16-11-15(9-10-18(5)6)17(12-16)14(4)8-2/h11-15H,7-10H2,1-6H3. The normalized spacial score (nSPS) is 22.9. The topological polar surface area (TPSA) is 3.24 Å². The highest BCUT2D eigenvalue weighted by Crippen LogP contribution is 2.36. The Morgan fingerprint density at radius 3 is 2.22 bits per heavy atom. The molecule has 0 amide bonds. The molecule has 1 heteroatoms. The monoisotopic (exact) mass is 249 g/mol. The minimum Gasteiger partial charge on any atom is -0.309 e. The largest absolute Gasteiger partial charge is 0.309 e. The predicted molar refractivity (Wildman–Crippen MR) is 81.7 cm³/mol. The van der Waals surface area contributed by atoms with Crippen LogP contribution in [-0.2, 0) is 0 Å². The molecule has 0 aromatic carbocycles. The van der Waals surface area contributed by atoms with Crippen molar-refractivity contribution in [3.63, 3.8) is 0 Å². The maximum absolute atomic E-state index is 2.54. The van der Waals surface area contributed by atoms with Crippen molar-refractivity contribution in [2.24, 2.45) is 17.8 Å². The summed E-state index contributed by atoms with van der Waals surface area (Å²) < 4.78 is 0. The molecule has 0 radical (unpaired) electrons. The van der Waals surface area contributed by atoms with Crippen LogP contribution in [0, 0.1) is 17.8 Å². The summed E-state index contributed by atoms with van der Waals surface area (Å²) in [6, 6.07) is 0. The van der Waals surface area contributed by atoms with Crippen molar-refractivity contribution in [1.29, 1.82) is 0 Å². The van der Waals surface area contributed by atoms with Crippen LogP contribution in [0.15, 0.2) is 23.3 Å². The van der Waals surface area contributed by atoms with Crippen LogP contribution in [0.25, 0.3) is 0 Å². The Morgan fingerprint density at radius 2 is 1.72 bits per heavy atom. The van der Waals surface area contributed by atoms with Crippen LogP contribution >= 0.6 is 0 Å². The Balaban J connectivity index is 2.78. The second-order valence-electron chi connectivity index (χ2n) is 6.13. The van der Waals surface area contributed by atoms with Crippen LogP contribution < -0.4 is 0 Å². The molecule has 1 aliphatic rings. The van der Waals surface area contributed by atoms with E-state index in [4.69, 9.17) is 0 Å². The minimum absolute atomic E-state index is 0.686. The van der Waals surface area contributed by atoms with Gasteiger partial charge in [-0.25, -0.2) is 0 Å². The first-order valence-electron chi connectivity index (χ1n) is 7.57. The molecule has 0 saturated heterocycles. The van der Waals surface area contributed by atoms with Crippen molar-refractivity contribution in [3.8, 4) is 0 Å². The molecule has 0 spiro atoms. The van der Waals surface area contributed by atoms with E-state index < -0.39 is 0 Å². The quantitative estimate of drug-likeness (QED) is 0.641. The van der Waals surface area contributed by atoms with Crippen LogP contribution in [0.5, 0.6) is 0 Å². The van der Waals surface area contributed by atoms with Crippen molar-refractivity contribution >= 4 is 0 Å². The molecule has 0 N–H and O–H groups in total. The first-order chi connectivity index (χ1) is 8.49. The van der Waals surface area contributed by atoms with E-state index >= 15 is 0 Å². The molecule has 0 bridgehead atoms. The Bertz CT molecular complexity index is 312. The van der Waals surface area contributed by atoms with E-state index in [0.29, 0.717) is 11.8 Å². The van der Waals surface area contributed by atoms with E-state index in [2.05, 4.69) is 58.8 Å². The summed E-state index contributed by atoms with van der Waals surface area (Å²) in [4.78, 5) is 2.29. The van der Waals surface area contributed by atoms with E-state index in [1.807, 2.05) is 0 Å². The summed E-state index contributed by atoms with van der Waals surface area (Å²) >= 11 is 0. The van der Waals surface area contributed by atoms with Gasteiger partial charge in [0.15, 0.2) is 0 Å². The van der Waals surface area contributed by atoms with Crippen LogP contribution in [0.4, 0.5) is 0 Å². The predicted octanol–water partition coefficient (Wildman–Crippen LogP) is 4.51. The molecule has 0 heterocycles. The molecule has 1 aliphatic carbocycles. The van der Waals surface area contributed by atoms with Crippen LogP contribution in [0.1, 0.15) is 47.0 Å². The molecule has 1 rings (SSSR count). The summed E-state index contributed by atoms with van der Waals surface area (Å²) in [5, 5.41) is 0. The molecule has 3 unspecified atom stereocenters. The highest BCUT2D eigenvalue weighted by atomic mass is 15.0. The first-order valence-corrected chi connectivity index (χ1v) is 7.57. The van der Waals surface area contributed by atoms with E-state index in [0.717, 1.165) is 5.92 Å². The van der Waals surface area contributed by atoms with Crippen LogP contribution in [0.3, 0.4) is 0 Å². The summed E-state index contributed by atoms with van der Waals surface area (Å²) in [7, 11) is 4.34. The number of rotatable bonds is 7. The van der Waals surface area contributed by atoms with Crippen LogP contribution in [0.2, 0.25) is 0 Å². The Labute approximate surface area is 114 Å². The van der Waals surface area contributed by atoms with Gasteiger partial charge in [0.05, 0.1) is 0 Å². The summed E-state index contributed by atoms with van der Waals surface area (Å²) in [6.45, 7) is 10.5. The molecule has 0 saturated carbocycles. The Morgan fingerprint density at radius 1 is 1.11 bits per heavy atom. The van der Waals surface area contributed by atoms with Gasteiger partial charge in [-0.3, -0.25) is 0 Å². The fourth-order valence-corrected chi connectivity index (χ4v) is 2.61. The molecule has 3 atom stereocenters. The van der Waals surface area contributed by atoms with Gasteiger partial charge in [-0.1, -0.05) is 45.4 Å². The molecular formula is C17H31N. The lowest BCUT2D eigenvalue weighted by molar-refractivity contribution is 0.378. The van der Waals surface area contributed by atoms with Gasteiger partial charge < -0.3 is 4.90 Å². The number of nitrogens with zero attached hydrogens (tertiary/aromatic N) is 1. The lowest BCUT2D eigenvalue weighted by atomic mass is 9.88. The number of allylic oxidation sites excluding steroid dienone is 4. The van der Waals surface area contributed by atoms with E-state index in [1.165, 1.54) is 25.8 Å². The SMILES string of the molecule is CCC(C)C1=CC(CCN(C)C)C(C(C)CC)=C1. The fraction of sp³-hybridized carbons (Fsp3) is 0.765. The molecule has 0 aromatic rings. The van der Waals surface area contributed by atoms with Gasteiger partial charge in [0, 0.05) is 5.92 Å². The van der Waals surface area contributed by atoms with Crippen molar-refractivity contribution in [3.05, 3.63) is 23.3 Å². The second kappa shape index (κ2) is 7.13. The average molecular weight is 249 g/mol. The minimum atomic E-state index is 0.686. The third-order valence-corrected chi connectivity index (χ3v) is 4.41. The molecule has 0 fully saturated rings. The zero-order chi connectivity index (χ0) is 13.7. The summed E-state index contributed by atoms with van der Waals surface area (Å²) in [6.07, 6.45) is 8.81. The fourth-order valence-electron chi connectivity index (χ4n) is 2.61. The van der Waals surface area contributed by atoms with Gasteiger partial charge in [0.1, 0.15) is 0 Å². The van der Waals surface area contributed by atoms with E-state index in [9.17, 15) is 0 Å². The first kappa shape index (κ1) is 15.5. The second-order valence-corrected chi connectivity index (χ2v) is 6.13. The smallest absolute Gasteiger partial charge is 0.0000683 e. The third-order valence-electron chi connectivity index (χ3n) is 4.41. The zero-order valence-electron chi connectivity index (χ0n) is 13.2. The van der Waals surface area contributed by atoms with Crippen molar-refractivity contribution in [1.82, 2.24) is 4.90 Å². The van der Waals surface area contributed by atoms with Crippen molar-refractivity contribution in [2.75, 3.05) is 20.6 Å². The third kappa shape index (κ3) is 3.98.